The summed E-state index contributed by atoms with van der Waals surface area (Å²) >= 11 is 7.37. The van der Waals surface area contributed by atoms with E-state index in [0.29, 0.717) is 46.1 Å². The second-order valence-corrected chi connectivity index (χ2v) is 11.0. The zero-order chi connectivity index (χ0) is 25.9. The number of rotatable bonds is 8. The smallest absolute Gasteiger partial charge is 0.183 e. The summed E-state index contributed by atoms with van der Waals surface area (Å²) in [5, 5.41) is 6.25. The topological polar surface area (TPSA) is 79.7 Å². The molecule has 37 heavy (non-hydrogen) atoms. The van der Waals surface area contributed by atoms with Gasteiger partial charge >= 0.3 is 0 Å². The second kappa shape index (κ2) is 11.2. The summed E-state index contributed by atoms with van der Waals surface area (Å²) < 4.78 is 19.1. The average Bonchev–Trinajstić information content (AvgIpc) is 3.37. The summed E-state index contributed by atoms with van der Waals surface area (Å²) in [5.41, 5.74) is 2.85. The number of nitrogens with one attached hydrogen (secondary N) is 1. The summed E-state index contributed by atoms with van der Waals surface area (Å²) in [6, 6.07) is 6.43. The van der Waals surface area contributed by atoms with Crippen LogP contribution >= 0.6 is 22.9 Å². The van der Waals surface area contributed by atoms with E-state index in [1.807, 2.05) is 5.38 Å². The van der Waals surface area contributed by atoms with Crippen LogP contribution in [0, 0.1) is 11.7 Å². The first kappa shape index (κ1) is 25.8. The monoisotopic (exact) mass is 541 g/mol. The van der Waals surface area contributed by atoms with Crippen LogP contribution in [0.1, 0.15) is 43.5 Å². The lowest BCUT2D eigenvalue weighted by Crippen LogP contribution is -2.39. The van der Waals surface area contributed by atoms with Crippen molar-refractivity contribution in [3.8, 4) is 17.1 Å². The van der Waals surface area contributed by atoms with Gasteiger partial charge in [0.1, 0.15) is 35.2 Å². The van der Waals surface area contributed by atoms with Gasteiger partial charge in [0.2, 0.25) is 0 Å². The second-order valence-electron chi connectivity index (χ2n) is 9.69. The van der Waals surface area contributed by atoms with Crippen LogP contribution in [0.3, 0.4) is 0 Å². The van der Waals surface area contributed by atoms with E-state index in [2.05, 4.69) is 29.0 Å². The Hall–Kier alpha value is -2.88. The number of aliphatic imine (C=N–C) groups is 1. The van der Waals surface area contributed by atoms with Crippen molar-refractivity contribution in [2.45, 2.75) is 39.2 Å². The number of benzene rings is 1. The molecule has 1 N–H and O–H groups in total. The third-order valence-corrected chi connectivity index (χ3v) is 7.91. The number of anilines is 1. The number of ether oxygens (including phenoxy) is 1. The molecule has 1 saturated heterocycles. The average molecular weight is 542 g/mol. The third-order valence-electron chi connectivity index (χ3n) is 6.82. The molecule has 1 fully saturated rings. The molecule has 0 saturated carbocycles. The Kier molecular flexibility index (Phi) is 7.83. The Morgan fingerprint density at radius 1 is 1.27 bits per heavy atom. The number of fused-ring (bicyclic) bond motifs is 1. The van der Waals surface area contributed by atoms with Gasteiger partial charge in [-0.15, -0.1) is 11.3 Å². The molecule has 3 aromatic rings. The third kappa shape index (κ3) is 6.00. The maximum Gasteiger partial charge on any atom is 0.183 e. The number of nitrogens with zero attached hydrogens (tertiary/aromatic N) is 4. The predicted octanol–water partition coefficient (Wildman–Crippen LogP) is 6.27. The largest absolute Gasteiger partial charge is 0.488 e. The molecule has 0 spiro atoms. The first-order valence-corrected chi connectivity index (χ1v) is 13.7. The summed E-state index contributed by atoms with van der Waals surface area (Å²) in [7, 11) is 0. The van der Waals surface area contributed by atoms with E-state index in [0.717, 1.165) is 24.8 Å². The number of aromatic nitrogens is 2. The van der Waals surface area contributed by atoms with Crippen LogP contribution in [0.15, 0.2) is 40.8 Å². The van der Waals surface area contributed by atoms with Crippen molar-refractivity contribution in [3.63, 3.8) is 0 Å². The number of hydrogen-bond acceptors (Lipinski definition) is 8. The van der Waals surface area contributed by atoms with E-state index in [9.17, 15) is 9.18 Å². The first-order chi connectivity index (χ1) is 17.9. The first-order valence-electron chi connectivity index (χ1n) is 12.5. The fourth-order valence-corrected chi connectivity index (χ4v) is 5.52. The highest BCUT2D eigenvalue weighted by Crippen LogP contribution is 2.36. The van der Waals surface area contributed by atoms with Gasteiger partial charge in [0, 0.05) is 35.8 Å². The maximum atomic E-state index is 13.4. The van der Waals surface area contributed by atoms with Gasteiger partial charge in [-0.25, -0.2) is 9.37 Å². The number of thiazole rings is 1. The highest BCUT2D eigenvalue weighted by Gasteiger charge is 2.25. The van der Waals surface area contributed by atoms with Crippen LogP contribution in [0.4, 0.5) is 15.2 Å². The molecule has 0 radical (unpaired) electrons. The molecule has 1 aromatic carbocycles. The van der Waals surface area contributed by atoms with Crippen LogP contribution in [0.25, 0.3) is 11.4 Å². The SMILES string of the molecule is CC(C)N1CCC(CNc2nc(-c3nccc4c3N=C(COc3ccc(F)c(Cl)c3)CC4=O)cs2)CC1. The Morgan fingerprint density at radius 2 is 2.08 bits per heavy atom. The summed E-state index contributed by atoms with van der Waals surface area (Å²) in [4.78, 5) is 29.4. The van der Waals surface area contributed by atoms with E-state index < -0.39 is 5.82 Å². The van der Waals surface area contributed by atoms with Crippen LogP contribution < -0.4 is 10.1 Å². The molecule has 0 amide bonds. The fourth-order valence-electron chi connectivity index (χ4n) is 4.64. The highest BCUT2D eigenvalue weighted by atomic mass is 35.5. The standard InChI is InChI=1S/C27H29ClFN5O2S/c1-16(2)34-9-6-17(7-10-34)13-31-27-33-23(15-37-27)26-25-20(5-8-30-26)24(35)11-18(32-25)14-36-19-3-4-22(29)21(28)12-19/h3-5,8,12,15-17H,6-7,9-11,13-14H2,1-2H3,(H,31,33). The van der Waals surface area contributed by atoms with E-state index >= 15 is 0 Å². The van der Waals surface area contributed by atoms with Crippen LogP contribution in [0.2, 0.25) is 5.02 Å². The number of Topliss-reactive ketones (excluding diaryl/α,β-unsaturated/α-hetero) is 1. The molecule has 0 aliphatic carbocycles. The molecule has 0 bridgehead atoms. The molecule has 194 valence electrons. The quantitative estimate of drug-likeness (QED) is 0.362. The Bertz CT molecular complexity index is 1320. The zero-order valence-electron chi connectivity index (χ0n) is 20.8. The number of piperidine rings is 1. The molecule has 5 rings (SSSR count). The molecule has 10 heteroatoms. The normalized spacial score (nSPS) is 16.6. The number of ketones is 1. The number of likely N-dealkylation sites (tertiary alicyclic amines) is 1. The van der Waals surface area contributed by atoms with E-state index in [-0.39, 0.29) is 23.8 Å². The van der Waals surface area contributed by atoms with Crippen molar-refractivity contribution < 1.29 is 13.9 Å². The molecule has 2 aliphatic heterocycles. The zero-order valence-corrected chi connectivity index (χ0v) is 22.4. The molecule has 4 heterocycles. The van der Waals surface area contributed by atoms with Crippen LogP contribution in [-0.2, 0) is 0 Å². The Balaban J connectivity index is 1.27. The molecule has 0 unspecified atom stereocenters. The van der Waals surface area contributed by atoms with Crippen molar-refractivity contribution >= 4 is 45.3 Å². The van der Waals surface area contributed by atoms with Gasteiger partial charge in [0.25, 0.3) is 0 Å². The molecule has 2 aliphatic rings. The lowest BCUT2D eigenvalue weighted by Gasteiger charge is -2.34. The minimum Gasteiger partial charge on any atom is -0.488 e. The van der Waals surface area contributed by atoms with Gasteiger partial charge in [-0.05, 0) is 63.9 Å². The van der Waals surface area contributed by atoms with Gasteiger partial charge < -0.3 is 15.0 Å². The van der Waals surface area contributed by atoms with Crippen molar-refractivity contribution in [1.82, 2.24) is 14.9 Å². The van der Waals surface area contributed by atoms with Gasteiger partial charge in [0.15, 0.2) is 10.9 Å². The fraction of sp³-hybridized carbons (Fsp3) is 0.407. The summed E-state index contributed by atoms with van der Waals surface area (Å²) in [6.45, 7) is 7.76. The van der Waals surface area contributed by atoms with E-state index in [1.54, 1.807) is 12.3 Å². The van der Waals surface area contributed by atoms with Crippen LogP contribution in [-0.4, -0.2) is 58.6 Å². The molecular weight excluding hydrogens is 513 g/mol. The van der Waals surface area contributed by atoms with E-state index in [1.165, 1.54) is 42.4 Å². The Labute approximate surface area is 224 Å². The number of hydrogen-bond donors (Lipinski definition) is 1. The molecule has 7 nitrogen and oxygen atoms in total. The molecular formula is C27H29ClFN5O2S. The minimum absolute atomic E-state index is 0.0232. The van der Waals surface area contributed by atoms with Gasteiger partial charge in [-0.2, -0.15) is 0 Å². The van der Waals surface area contributed by atoms with Gasteiger partial charge in [-0.1, -0.05) is 11.6 Å². The molecule has 2 aromatic heterocycles. The highest BCUT2D eigenvalue weighted by molar-refractivity contribution is 7.14. The van der Waals surface area contributed by atoms with Crippen molar-refractivity contribution in [3.05, 3.63) is 52.2 Å². The maximum absolute atomic E-state index is 13.4. The predicted molar refractivity (Wildman–Crippen MR) is 146 cm³/mol. The lowest BCUT2D eigenvalue weighted by atomic mass is 9.96. The number of pyridine rings is 1. The number of carbonyl (C=O) groups is 1. The number of carbonyl (C=O) groups excluding carboxylic acids is 1. The lowest BCUT2D eigenvalue weighted by molar-refractivity contribution is 0.0998. The van der Waals surface area contributed by atoms with Gasteiger partial charge in [-0.3, -0.25) is 14.8 Å². The number of halogens is 2. The molecule has 0 atom stereocenters. The Morgan fingerprint density at radius 3 is 2.84 bits per heavy atom. The van der Waals surface area contributed by atoms with Crippen molar-refractivity contribution in [1.29, 1.82) is 0 Å². The van der Waals surface area contributed by atoms with Crippen molar-refractivity contribution in [2.75, 3.05) is 31.6 Å². The minimum atomic E-state index is -0.516. The van der Waals surface area contributed by atoms with Gasteiger partial charge in [0.05, 0.1) is 17.2 Å². The van der Waals surface area contributed by atoms with Crippen molar-refractivity contribution in [2.24, 2.45) is 10.9 Å². The van der Waals surface area contributed by atoms with E-state index in [4.69, 9.17) is 26.3 Å². The summed E-state index contributed by atoms with van der Waals surface area (Å²) in [5.74, 6) is 0.470. The van der Waals surface area contributed by atoms with Crippen LogP contribution in [0.5, 0.6) is 5.75 Å². The summed E-state index contributed by atoms with van der Waals surface area (Å²) in [6.07, 6.45) is 4.13.